The molecule has 0 amide bonds. The molecule has 0 saturated heterocycles. The molecule has 4 nitrogen and oxygen atoms in total. The molecule has 9 heteroatoms. The number of hydrogen-bond donors (Lipinski definition) is 0. The van der Waals surface area contributed by atoms with Gasteiger partial charge in [0.1, 0.15) is 22.1 Å². The van der Waals surface area contributed by atoms with Gasteiger partial charge < -0.3 is 0 Å². The van der Waals surface area contributed by atoms with Gasteiger partial charge in [-0.25, -0.2) is 0 Å². The van der Waals surface area contributed by atoms with Gasteiger partial charge >= 0.3 is 0 Å². The SMILES string of the molecule is Clc1ccc(Br)c2nsnc12.Clc1cccc2nsnc12. The summed E-state index contributed by atoms with van der Waals surface area (Å²) in [7, 11) is 0. The Kier molecular flexibility index (Phi) is 4.66. The van der Waals surface area contributed by atoms with Gasteiger partial charge in [-0.15, -0.1) is 0 Å². The van der Waals surface area contributed by atoms with E-state index in [1.807, 2.05) is 24.3 Å². The monoisotopic (exact) mass is 418 g/mol. The summed E-state index contributed by atoms with van der Waals surface area (Å²) in [5.74, 6) is 0. The Balaban J connectivity index is 0.000000126. The number of aromatic nitrogens is 4. The predicted octanol–water partition coefficient (Wildman–Crippen LogP) is 5.45. The lowest BCUT2D eigenvalue weighted by atomic mass is 10.3. The van der Waals surface area contributed by atoms with Crippen LogP contribution in [0.3, 0.4) is 0 Å². The summed E-state index contributed by atoms with van der Waals surface area (Å²) in [5.41, 5.74) is 3.28. The van der Waals surface area contributed by atoms with Crippen LogP contribution >= 0.6 is 62.6 Å². The Morgan fingerprint density at radius 2 is 1.43 bits per heavy atom. The lowest BCUT2D eigenvalue weighted by Gasteiger charge is -1.91. The minimum atomic E-state index is 0.650. The average Bonchev–Trinajstić information content (AvgIpc) is 3.13. The maximum Gasteiger partial charge on any atom is 0.124 e. The summed E-state index contributed by atoms with van der Waals surface area (Å²) >= 11 is 17.4. The Labute approximate surface area is 146 Å². The van der Waals surface area contributed by atoms with Crippen molar-refractivity contribution in [3.05, 3.63) is 44.8 Å². The van der Waals surface area contributed by atoms with Crippen molar-refractivity contribution in [1.29, 1.82) is 0 Å². The molecule has 0 bridgehead atoms. The fourth-order valence-electron chi connectivity index (χ4n) is 1.58. The van der Waals surface area contributed by atoms with E-state index in [-0.39, 0.29) is 0 Å². The lowest BCUT2D eigenvalue weighted by Crippen LogP contribution is -1.72. The first-order chi connectivity index (χ1) is 10.2. The molecular formula is C12H5BrCl2N4S2. The first-order valence-electron chi connectivity index (χ1n) is 5.60. The smallest absolute Gasteiger partial charge is 0.124 e. The number of nitrogens with zero attached hydrogens (tertiary/aromatic N) is 4. The van der Waals surface area contributed by atoms with E-state index in [0.29, 0.717) is 10.0 Å². The summed E-state index contributed by atoms with van der Waals surface area (Å²) < 4.78 is 17.1. The van der Waals surface area contributed by atoms with Gasteiger partial charge in [-0.3, -0.25) is 0 Å². The van der Waals surface area contributed by atoms with E-state index >= 15 is 0 Å². The standard InChI is InChI=1S/C6H2BrClN2S.C6H3ClN2S/c7-3-1-2-4(8)6-5(3)9-11-10-6;7-4-2-1-3-5-6(4)9-10-8-5/h1-2H;1-3H. The van der Waals surface area contributed by atoms with Gasteiger partial charge in [-0.2, -0.15) is 17.5 Å². The van der Waals surface area contributed by atoms with Crippen molar-refractivity contribution in [3.63, 3.8) is 0 Å². The summed E-state index contributed by atoms with van der Waals surface area (Å²) in [5, 5.41) is 1.32. The minimum Gasteiger partial charge on any atom is -0.173 e. The van der Waals surface area contributed by atoms with Crippen LogP contribution in [0.15, 0.2) is 34.8 Å². The van der Waals surface area contributed by atoms with E-state index in [1.165, 1.54) is 23.5 Å². The highest BCUT2D eigenvalue weighted by atomic mass is 79.9. The Morgan fingerprint density at radius 1 is 0.762 bits per heavy atom. The second-order valence-corrected chi connectivity index (χ2v) is 6.59. The molecule has 21 heavy (non-hydrogen) atoms. The van der Waals surface area contributed by atoms with Crippen molar-refractivity contribution in [3.8, 4) is 0 Å². The zero-order chi connectivity index (χ0) is 14.8. The van der Waals surface area contributed by atoms with E-state index < -0.39 is 0 Å². The first kappa shape index (κ1) is 15.1. The van der Waals surface area contributed by atoms with Gasteiger partial charge in [0.2, 0.25) is 0 Å². The van der Waals surface area contributed by atoms with Crippen LogP contribution in [0.5, 0.6) is 0 Å². The zero-order valence-corrected chi connectivity index (χ0v) is 14.9. The maximum absolute atomic E-state index is 5.85. The second kappa shape index (κ2) is 6.50. The third-order valence-electron chi connectivity index (χ3n) is 2.55. The summed E-state index contributed by atoms with van der Waals surface area (Å²) in [6, 6.07) is 9.24. The number of benzene rings is 2. The highest BCUT2D eigenvalue weighted by Crippen LogP contribution is 2.27. The molecule has 0 saturated carbocycles. The molecule has 0 fully saturated rings. The third kappa shape index (κ3) is 3.17. The minimum absolute atomic E-state index is 0.650. The van der Waals surface area contributed by atoms with Crippen molar-refractivity contribution in [2.24, 2.45) is 0 Å². The van der Waals surface area contributed by atoms with Crippen molar-refractivity contribution in [2.45, 2.75) is 0 Å². The molecule has 4 aromatic rings. The average molecular weight is 420 g/mol. The first-order valence-corrected chi connectivity index (χ1v) is 8.61. The highest BCUT2D eigenvalue weighted by Gasteiger charge is 2.05. The predicted molar refractivity (Wildman–Crippen MR) is 92.6 cm³/mol. The number of fused-ring (bicyclic) bond motifs is 2. The fourth-order valence-corrected chi connectivity index (χ4v) is 3.74. The molecule has 2 heterocycles. The molecular weight excluding hydrogens is 415 g/mol. The van der Waals surface area contributed by atoms with Crippen molar-refractivity contribution in [2.75, 3.05) is 0 Å². The molecule has 0 unspecified atom stereocenters. The summed E-state index contributed by atoms with van der Waals surface area (Å²) in [4.78, 5) is 0. The largest absolute Gasteiger partial charge is 0.173 e. The lowest BCUT2D eigenvalue weighted by molar-refractivity contribution is 1.61. The van der Waals surface area contributed by atoms with Gasteiger partial charge in [0.15, 0.2) is 0 Å². The van der Waals surface area contributed by atoms with Crippen molar-refractivity contribution >= 4 is 84.7 Å². The maximum atomic E-state index is 5.85. The summed E-state index contributed by atoms with van der Waals surface area (Å²) in [6.45, 7) is 0. The van der Waals surface area contributed by atoms with Crippen LogP contribution < -0.4 is 0 Å². The van der Waals surface area contributed by atoms with Crippen molar-refractivity contribution in [1.82, 2.24) is 17.5 Å². The molecule has 0 aliphatic rings. The molecule has 0 atom stereocenters. The molecule has 0 aliphatic carbocycles. The summed E-state index contributed by atoms with van der Waals surface area (Å²) in [6.07, 6.45) is 0. The van der Waals surface area contributed by atoms with Crippen LogP contribution in [-0.4, -0.2) is 17.5 Å². The fraction of sp³-hybridized carbons (Fsp3) is 0. The molecule has 2 aromatic heterocycles. The van der Waals surface area contributed by atoms with Crippen molar-refractivity contribution < 1.29 is 0 Å². The number of rotatable bonds is 0. The Morgan fingerprint density at radius 3 is 2.19 bits per heavy atom. The van der Waals surface area contributed by atoms with Crippen LogP contribution in [0.2, 0.25) is 10.0 Å². The zero-order valence-electron chi connectivity index (χ0n) is 10.1. The number of hydrogen-bond acceptors (Lipinski definition) is 6. The number of halogens is 3. The van der Waals surface area contributed by atoms with Gasteiger partial charge in [0, 0.05) is 4.47 Å². The van der Waals surface area contributed by atoms with E-state index in [9.17, 15) is 0 Å². The Hall–Kier alpha value is -0.860. The van der Waals surface area contributed by atoms with Gasteiger partial charge in [0.05, 0.1) is 33.5 Å². The molecule has 0 spiro atoms. The van der Waals surface area contributed by atoms with E-state index in [2.05, 4.69) is 33.4 Å². The van der Waals surface area contributed by atoms with Crippen LogP contribution in [-0.2, 0) is 0 Å². The van der Waals surface area contributed by atoms with Crippen LogP contribution in [0, 0.1) is 0 Å². The van der Waals surface area contributed by atoms with Gasteiger partial charge in [-0.05, 0) is 40.2 Å². The molecule has 4 rings (SSSR count). The highest BCUT2D eigenvalue weighted by molar-refractivity contribution is 9.10. The Bertz CT molecular complexity index is 872. The van der Waals surface area contributed by atoms with Crippen LogP contribution in [0.4, 0.5) is 0 Å². The molecule has 2 aromatic carbocycles. The van der Waals surface area contributed by atoms with E-state index in [1.54, 1.807) is 6.07 Å². The molecule has 106 valence electrons. The second-order valence-electron chi connectivity index (χ2n) is 3.86. The third-order valence-corrected chi connectivity index (χ3v) is 4.87. The van der Waals surface area contributed by atoms with Crippen LogP contribution in [0.25, 0.3) is 22.1 Å². The molecule has 0 aliphatic heterocycles. The van der Waals surface area contributed by atoms with Crippen LogP contribution in [0.1, 0.15) is 0 Å². The van der Waals surface area contributed by atoms with E-state index in [4.69, 9.17) is 23.2 Å². The molecule has 0 radical (unpaired) electrons. The molecule has 0 N–H and O–H groups in total. The normalized spacial score (nSPS) is 10.6. The van der Waals surface area contributed by atoms with Gasteiger partial charge in [0.25, 0.3) is 0 Å². The topological polar surface area (TPSA) is 51.6 Å². The quantitative estimate of drug-likeness (QED) is 0.380. The van der Waals surface area contributed by atoms with E-state index in [0.717, 1.165) is 26.5 Å². The van der Waals surface area contributed by atoms with Gasteiger partial charge in [-0.1, -0.05) is 29.3 Å².